The summed E-state index contributed by atoms with van der Waals surface area (Å²) < 4.78 is 34.3. The summed E-state index contributed by atoms with van der Waals surface area (Å²) in [5.74, 6) is 1.08. The minimum absolute atomic E-state index is 0.0607. The largest absolute Gasteiger partial charge is 0.457 e. The quantitative estimate of drug-likeness (QED) is 0.427. The molecule has 1 amide bonds. The summed E-state index contributed by atoms with van der Waals surface area (Å²) in [4.78, 5) is 13.4. The minimum atomic E-state index is -3.81. The lowest BCUT2D eigenvalue weighted by Gasteiger charge is -2.16. The van der Waals surface area contributed by atoms with Crippen LogP contribution in [0.2, 0.25) is 0 Å². The molecular formula is C23H15N3O4S3. The SMILES string of the molecule is O=C1C(=Cc2ccc(Oc3ccccc3)cc2)SC(=S)N1NC1=NS(=O)(=O)c2ccccc21. The van der Waals surface area contributed by atoms with Crippen molar-refractivity contribution in [2.75, 3.05) is 0 Å². The van der Waals surface area contributed by atoms with Gasteiger partial charge in [0.05, 0.1) is 4.91 Å². The fourth-order valence-electron chi connectivity index (χ4n) is 3.26. The number of sulfonamides is 1. The van der Waals surface area contributed by atoms with Crippen LogP contribution in [0, 0.1) is 0 Å². The Labute approximate surface area is 199 Å². The van der Waals surface area contributed by atoms with Gasteiger partial charge in [-0.25, -0.2) is 0 Å². The van der Waals surface area contributed by atoms with E-state index in [4.69, 9.17) is 17.0 Å². The lowest BCUT2D eigenvalue weighted by atomic mass is 10.2. The molecule has 164 valence electrons. The second-order valence-corrected chi connectivity index (χ2v) is 10.3. The Morgan fingerprint density at radius 3 is 2.36 bits per heavy atom. The first-order valence-electron chi connectivity index (χ1n) is 9.73. The normalized spacial score (nSPS) is 17.8. The van der Waals surface area contributed by atoms with E-state index in [1.807, 2.05) is 54.6 Å². The predicted molar refractivity (Wildman–Crippen MR) is 131 cm³/mol. The second kappa shape index (κ2) is 8.47. The summed E-state index contributed by atoms with van der Waals surface area (Å²) in [6.07, 6.45) is 1.72. The summed E-state index contributed by atoms with van der Waals surface area (Å²) in [5.41, 5.74) is 3.96. The summed E-state index contributed by atoms with van der Waals surface area (Å²) >= 11 is 6.45. The molecule has 33 heavy (non-hydrogen) atoms. The molecule has 0 saturated carbocycles. The van der Waals surface area contributed by atoms with E-state index in [1.165, 1.54) is 6.07 Å². The number of amides is 1. The zero-order chi connectivity index (χ0) is 23.0. The molecule has 1 N–H and O–H groups in total. The van der Waals surface area contributed by atoms with Crippen LogP contribution in [0.1, 0.15) is 11.1 Å². The van der Waals surface area contributed by atoms with Gasteiger partial charge in [0.2, 0.25) is 0 Å². The Bertz CT molecular complexity index is 1430. The summed E-state index contributed by atoms with van der Waals surface area (Å²) in [6.45, 7) is 0. The number of carbonyl (C=O) groups is 1. The van der Waals surface area contributed by atoms with Crippen LogP contribution >= 0.6 is 24.0 Å². The number of fused-ring (bicyclic) bond motifs is 1. The van der Waals surface area contributed by atoms with Crippen molar-refractivity contribution in [1.82, 2.24) is 10.4 Å². The highest BCUT2D eigenvalue weighted by atomic mass is 32.2. The van der Waals surface area contributed by atoms with Crippen molar-refractivity contribution in [3.05, 3.63) is 94.9 Å². The molecule has 0 bridgehead atoms. The Morgan fingerprint density at radius 1 is 0.939 bits per heavy atom. The second-order valence-electron chi connectivity index (χ2n) is 7.02. The number of thioether (sulfide) groups is 1. The van der Waals surface area contributed by atoms with Crippen LogP contribution in [0.4, 0.5) is 0 Å². The van der Waals surface area contributed by atoms with Crippen LogP contribution in [-0.2, 0) is 14.8 Å². The van der Waals surface area contributed by atoms with Crippen molar-refractivity contribution >= 4 is 56.1 Å². The van der Waals surface area contributed by atoms with Crippen LogP contribution in [0.15, 0.2) is 93.1 Å². The maximum atomic E-state index is 12.9. The Kier molecular flexibility index (Phi) is 5.49. The first-order chi connectivity index (χ1) is 15.9. The number of nitrogens with zero attached hydrogens (tertiary/aromatic N) is 2. The Balaban J connectivity index is 1.33. The van der Waals surface area contributed by atoms with E-state index in [1.54, 1.807) is 24.3 Å². The van der Waals surface area contributed by atoms with Crippen molar-refractivity contribution in [3.8, 4) is 11.5 Å². The van der Waals surface area contributed by atoms with Gasteiger partial charge in [-0.15, -0.1) is 4.40 Å². The number of hydrogen-bond donors (Lipinski definition) is 1. The maximum Gasteiger partial charge on any atom is 0.285 e. The van der Waals surface area contributed by atoms with Crippen molar-refractivity contribution in [2.24, 2.45) is 4.40 Å². The summed E-state index contributed by atoms with van der Waals surface area (Å²) in [5, 5.41) is 1.13. The van der Waals surface area contributed by atoms with Crippen molar-refractivity contribution in [2.45, 2.75) is 4.90 Å². The molecule has 0 aromatic heterocycles. The lowest BCUT2D eigenvalue weighted by Crippen LogP contribution is -2.44. The van der Waals surface area contributed by atoms with Crippen molar-refractivity contribution in [1.29, 1.82) is 0 Å². The molecule has 3 aromatic carbocycles. The number of carbonyl (C=O) groups excluding carboxylic acids is 1. The van der Waals surface area contributed by atoms with Gasteiger partial charge in [-0.3, -0.25) is 10.2 Å². The van der Waals surface area contributed by atoms with Gasteiger partial charge in [-0.2, -0.15) is 13.4 Å². The van der Waals surface area contributed by atoms with Crippen molar-refractivity contribution in [3.63, 3.8) is 0 Å². The maximum absolute atomic E-state index is 12.9. The van der Waals surface area contributed by atoms with Crippen LogP contribution < -0.4 is 10.2 Å². The average molecular weight is 494 g/mol. The monoisotopic (exact) mass is 493 g/mol. The average Bonchev–Trinajstić information content (AvgIpc) is 3.23. The molecule has 0 spiro atoms. The van der Waals surface area contributed by atoms with Crippen LogP contribution in [0.25, 0.3) is 6.08 Å². The van der Waals surface area contributed by atoms with Gasteiger partial charge in [0, 0.05) is 5.56 Å². The third kappa shape index (κ3) is 4.28. The molecule has 1 saturated heterocycles. The van der Waals surface area contributed by atoms with E-state index in [9.17, 15) is 13.2 Å². The third-order valence-corrected chi connectivity index (χ3v) is 7.44. The van der Waals surface area contributed by atoms with E-state index >= 15 is 0 Å². The zero-order valence-corrected chi connectivity index (χ0v) is 19.3. The first kappa shape index (κ1) is 21.4. The van der Waals surface area contributed by atoms with Crippen molar-refractivity contribution < 1.29 is 17.9 Å². The van der Waals surface area contributed by atoms with Crippen LogP contribution in [-0.4, -0.2) is 29.5 Å². The Morgan fingerprint density at radius 2 is 1.61 bits per heavy atom. The van der Waals surface area contributed by atoms with Gasteiger partial charge in [0.15, 0.2) is 10.2 Å². The Hall–Kier alpha value is -3.47. The standard InChI is InChI=1S/C23H15N3O4S3/c27-22-19(14-15-10-12-17(13-11-15)30-16-6-2-1-3-7-16)32-23(31)26(22)24-21-18-8-4-5-9-20(18)33(28,29)25-21/h1-14H,(H,24,25). The van der Waals surface area contributed by atoms with E-state index in [2.05, 4.69) is 9.82 Å². The minimum Gasteiger partial charge on any atom is -0.457 e. The van der Waals surface area contributed by atoms with E-state index in [0.29, 0.717) is 16.2 Å². The molecule has 3 aromatic rings. The van der Waals surface area contributed by atoms with Gasteiger partial charge in [-0.1, -0.05) is 54.2 Å². The zero-order valence-electron chi connectivity index (χ0n) is 16.8. The van der Waals surface area contributed by atoms with Gasteiger partial charge in [0.25, 0.3) is 15.9 Å². The molecule has 5 rings (SSSR count). The molecule has 2 aliphatic rings. The molecule has 2 heterocycles. The predicted octanol–water partition coefficient (Wildman–Crippen LogP) is 4.33. The van der Waals surface area contributed by atoms with Gasteiger partial charge in [0.1, 0.15) is 16.4 Å². The highest BCUT2D eigenvalue weighted by Gasteiger charge is 2.36. The van der Waals surface area contributed by atoms with Gasteiger partial charge >= 0.3 is 0 Å². The highest BCUT2D eigenvalue weighted by Crippen LogP contribution is 2.33. The molecular weight excluding hydrogens is 478 g/mol. The lowest BCUT2D eigenvalue weighted by molar-refractivity contribution is -0.123. The molecule has 0 atom stereocenters. The molecule has 10 heteroatoms. The molecule has 0 aliphatic carbocycles. The number of rotatable bonds is 4. The smallest absolute Gasteiger partial charge is 0.285 e. The fraction of sp³-hybridized carbons (Fsp3) is 0. The van der Waals surface area contributed by atoms with E-state index in [-0.39, 0.29) is 21.0 Å². The fourth-order valence-corrected chi connectivity index (χ4v) is 5.61. The van der Waals surface area contributed by atoms with Crippen LogP contribution in [0.3, 0.4) is 0 Å². The third-order valence-electron chi connectivity index (χ3n) is 4.80. The van der Waals surface area contributed by atoms with E-state index < -0.39 is 10.0 Å². The highest BCUT2D eigenvalue weighted by molar-refractivity contribution is 8.26. The summed E-state index contributed by atoms with van der Waals surface area (Å²) in [6, 6.07) is 23.1. The van der Waals surface area contributed by atoms with E-state index in [0.717, 1.165) is 28.1 Å². The number of hydrogen-bond acceptors (Lipinski definition) is 7. The number of ether oxygens (including phenoxy) is 1. The van der Waals surface area contributed by atoms with Crippen LogP contribution in [0.5, 0.6) is 11.5 Å². The number of hydrazine groups is 1. The molecule has 2 aliphatic heterocycles. The number of nitrogens with one attached hydrogen (secondary N) is 1. The number of para-hydroxylation sites is 1. The summed E-state index contributed by atoms with van der Waals surface area (Å²) in [7, 11) is -3.81. The molecule has 7 nitrogen and oxygen atoms in total. The molecule has 1 fully saturated rings. The first-order valence-corrected chi connectivity index (χ1v) is 12.4. The number of benzene rings is 3. The number of thiocarbonyl (C=S) groups is 1. The topological polar surface area (TPSA) is 88.1 Å². The van der Waals surface area contributed by atoms with Gasteiger partial charge < -0.3 is 4.74 Å². The molecule has 0 unspecified atom stereocenters. The molecule has 0 radical (unpaired) electrons. The van der Waals surface area contributed by atoms with Gasteiger partial charge in [-0.05, 0) is 60.3 Å². The number of amidine groups is 1.